The van der Waals surface area contributed by atoms with Crippen LogP contribution in [0.15, 0.2) is 24.3 Å². The molecule has 3 rings (SSSR count). The lowest BCUT2D eigenvalue weighted by molar-refractivity contribution is 0.104. The zero-order valence-corrected chi connectivity index (χ0v) is 13.0. The molecule has 1 aromatic carbocycles. The van der Waals surface area contributed by atoms with Gasteiger partial charge in [-0.3, -0.25) is 4.79 Å². The molecular weight excluding hydrogens is 264 g/mol. The van der Waals surface area contributed by atoms with Gasteiger partial charge in [0.15, 0.2) is 0 Å². The van der Waals surface area contributed by atoms with Crippen LogP contribution in [0.3, 0.4) is 0 Å². The Labute approximate surface area is 124 Å². The van der Waals surface area contributed by atoms with Crippen molar-refractivity contribution in [3.63, 3.8) is 0 Å². The summed E-state index contributed by atoms with van der Waals surface area (Å²) in [5.74, 6) is 0.190. The standard InChI is InChI=1S/C18H20OS/c1-12-8-13(2)10-15(9-12)18(19)17-11-14-6-4-3-5-7-16(14)20-17/h8-11H,3-7H2,1-2H3. The number of ketones is 1. The Morgan fingerprint density at radius 2 is 1.65 bits per heavy atom. The Balaban J connectivity index is 1.94. The molecule has 1 aromatic heterocycles. The van der Waals surface area contributed by atoms with E-state index in [1.807, 2.05) is 26.0 Å². The summed E-state index contributed by atoms with van der Waals surface area (Å²) in [6, 6.07) is 8.26. The lowest BCUT2D eigenvalue weighted by Gasteiger charge is -2.02. The van der Waals surface area contributed by atoms with Crippen LogP contribution in [0.5, 0.6) is 0 Å². The summed E-state index contributed by atoms with van der Waals surface area (Å²) in [5.41, 5.74) is 4.57. The zero-order valence-electron chi connectivity index (χ0n) is 12.2. The Morgan fingerprint density at radius 3 is 2.40 bits per heavy atom. The molecule has 1 heterocycles. The van der Waals surface area contributed by atoms with Crippen molar-refractivity contribution in [3.8, 4) is 0 Å². The van der Waals surface area contributed by atoms with Crippen molar-refractivity contribution in [2.75, 3.05) is 0 Å². The largest absolute Gasteiger partial charge is 0.288 e. The zero-order chi connectivity index (χ0) is 14.1. The normalized spacial score (nSPS) is 14.7. The monoisotopic (exact) mass is 284 g/mol. The van der Waals surface area contributed by atoms with E-state index in [1.165, 1.54) is 29.7 Å². The van der Waals surface area contributed by atoms with Gasteiger partial charge in [-0.15, -0.1) is 11.3 Å². The molecule has 0 atom stereocenters. The molecule has 0 radical (unpaired) electrons. The maximum absolute atomic E-state index is 12.7. The molecule has 1 nitrogen and oxygen atoms in total. The van der Waals surface area contributed by atoms with Crippen LogP contribution in [0, 0.1) is 13.8 Å². The SMILES string of the molecule is Cc1cc(C)cc(C(=O)c2cc3c(s2)CCCCC3)c1. The molecule has 2 heteroatoms. The Hall–Kier alpha value is -1.41. The van der Waals surface area contributed by atoms with E-state index in [9.17, 15) is 4.79 Å². The molecule has 2 aromatic rings. The highest BCUT2D eigenvalue weighted by molar-refractivity contribution is 7.14. The van der Waals surface area contributed by atoms with E-state index in [2.05, 4.69) is 12.1 Å². The van der Waals surface area contributed by atoms with Crippen LogP contribution in [-0.2, 0) is 12.8 Å². The number of hydrogen-bond donors (Lipinski definition) is 0. The van der Waals surface area contributed by atoms with Gasteiger partial charge < -0.3 is 0 Å². The number of rotatable bonds is 2. The number of carbonyl (C=O) groups excluding carboxylic acids is 1. The van der Waals surface area contributed by atoms with E-state index in [4.69, 9.17) is 0 Å². The maximum Gasteiger partial charge on any atom is 0.202 e. The summed E-state index contributed by atoms with van der Waals surface area (Å²) in [4.78, 5) is 15.0. The topological polar surface area (TPSA) is 17.1 Å². The van der Waals surface area contributed by atoms with Gasteiger partial charge >= 0.3 is 0 Å². The Morgan fingerprint density at radius 1 is 0.950 bits per heavy atom. The van der Waals surface area contributed by atoms with Gasteiger partial charge in [0.1, 0.15) is 0 Å². The minimum absolute atomic E-state index is 0.190. The smallest absolute Gasteiger partial charge is 0.202 e. The molecule has 0 aliphatic heterocycles. The first-order chi connectivity index (χ1) is 9.63. The van der Waals surface area contributed by atoms with Gasteiger partial charge in [0.05, 0.1) is 4.88 Å². The summed E-state index contributed by atoms with van der Waals surface area (Å²) < 4.78 is 0. The predicted octanol–water partition coefficient (Wildman–Crippen LogP) is 4.86. The molecule has 0 saturated heterocycles. The first-order valence-electron chi connectivity index (χ1n) is 7.38. The van der Waals surface area contributed by atoms with Gasteiger partial charge in [0.25, 0.3) is 0 Å². The summed E-state index contributed by atoms with van der Waals surface area (Å²) in [5, 5.41) is 0. The van der Waals surface area contributed by atoms with Gasteiger partial charge in [-0.05, 0) is 63.3 Å². The fraction of sp³-hybridized carbons (Fsp3) is 0.389. The van der Waals surface area contributed by atoms with E-state index < -0.39 is 0 Å². The first kappa shape index (κ1) is 13.6. The number of carbonyl (C=O) groups is 1. The van der Waals surface area contributed by atoms with Crippen molar-refractivity contribution in [2.24, 2.45) is 0 Å². The number of aryl methyl sites for hydroxylation is 4. The van der Waals surface area contributed by atoms with E-state index >= 15 is 0 Å². The fourth-order valence-electron chi connectivity index (χ4n) is 3.03. The second kappa shape index (κ2) is 5.53. The van der Waals surface area contributed by atoms with Crippen molar-refractivity contribution < 1.29 is 4.79 Å². The Bertz CT molecular complexity index is 608. The van der Waals surface area contributed by atoms with Crippen LogP contribution in [0.2, 0.25) is 0 Å². The highest BCUT2D eigenvalue weighted by Crippen LogP contribution is 2.30. The molecule has 104 valence electrons. The van der Waals surface area contributed by atoms with Gasteiger partial charge in [0, 0.05) is 10.4 Å². The molecular formula is C18H20OS. The Kier molecular flexibility index (Phi) is 3.75. The van der Waals surface area contributed by atoms with Crippen LogP contribution in [-0.4, -0.2) is 5.78 Å². The van der Waals surface area contributed by atoms with Crippen molar-refractivity contribution in [1.82, 2.24) is 0 Å². The number of hydrogen-bond acceptors (Lipinski definition) is 2. The maximum atomic E-state index is 12.7. The third-order valence-electron chi connectivity index (χ3n) is 3.95. The third kappa shape index (κ3) is 2.71. The minimum Gasteiger partial charge on any atom is -0.288 e. The molecule has 0 amide bonds. The van der Waals surface area contributed by atoms with Gasteiger partial charge in [-0.2, -0.15) is 0 Å². The minimum atomic E-state index is 0.190. The van der Waals surface area contributed by atoms with Crippen molar-refractivity contribution in [2.45, 2.75) is 46.0 Å². The van der Waals surface area contributed by atoms with E-state index in [1.54, 1.807) is 11.3 Å². The predicted molar refractivity (Wildman–Crippen MR) is 84.9 cm³/mol. The highest BCUT2D eigenvalue weighted by atomic mass is 32.1. The molecule has 0 fully saturated rings. The summed E-state index contributed by atoms with van der Waals surface area (Å²) in [7, 11) is 0. The van der Waals surface area contributed by atoms with Crippen LogP contribution < -0.4 is 0 Å². The lowest BCUT2D eigenvalue weighted by Crippen LogP contribution is -1.99. The van der Waals surface area contributed by atoms with E-state index in [-0.39, 0.29) is 5.78 Å². The van der Waals surface area contributed by atoms with E-state index in [0.717, 1.165) is 34.4 Å². The molecule has 1 aliphatic carbocycles. The molecule has 0 N–H and O–H groups in total. The third-order valence-corrected chi connectivity index (χ3v) is 5.19. The molecule has 0 bridgehead atoms. The van der Waals surface area contributed by atoms with Crippen LogP contribution in [0.1, 0.15) is 56.1 Å². The molecule has 1 aliphatic rings. The fourth-order valence-corrected chi connectivity index (χ4v) is 4.24. The molecule has 0 unspecified atom stereocenters. The van der Waals surface area contributed by atoms with Crippen molar-refractivity contribution in [1.29, 1.82) is 0 Å². The lowest BCUT2D eigenvalue weighted by atomic mass is 10.0. The average molecular weight is 284 g/mol. The van der Waals surface area contributed by atoms with Gasteiger partial charge in [-0.25, -0.2) is 0 Å². The van der Waals surface area contributed by atoms with Crippen LogP contribution in [0.25, 0.3) is 0 Å². The highest BCUT2D eigenvalue weighted by Gasteiger charge is 2.17. The summed E-state index contributed by atoms with van der Waals surface area (Å²) >= 11 is 1.71. The van der Waals surface area contributed by atoms with Gasteiger partial charge in [0.2, 0.25) is 5.78 Å². The summed E-state index contributed by atoms with van der Waals surface area (Å²) in [6.07, 6.45) is 6.15. The second-order valence-electron chi connectivity index (χ2n) is 5.83. The number of thiophene rings is 1. The number of fused-ring (bicyclic) bond motifs is 1. The molecule has 0 saturated carbocycles. The van der Waals surface area contributed by atoms with Crippen molar-refractivity contribution in [3.05, 3.63) is 56.3 Å². The number of benzene rings is 1. The van der Waals surface area contributed by atoms with E-state index in [0.29, 0.717) is 0 Å². The summed E-state index contributed by atoms with van der Waals surface area (Å²) in [6.45, 7) is 4.10. The first-order valence-corrected chi connectivity index (χ1v) is 8.20. The quantitative estimate of drug-likeness (QED) is 0.568. The van der Waals surface area contributed by atoms with Crippen molar-refractivity contribution >= 4 is 17.1 Å². The second-order valence-corrected chi connectivity index (χ2v) is 6.96. The molecule has 20 heavy (non-hydrogen) atoms. The van der Waals surface area contributed by atoms with Crippen LogP contribution >= 0.6 is 11.3 Å². The van der Waals surface area contributed by atoms with Gasteiger partial charge in [-0.1, -0.05) is 23.6 Å². The molecule has 0 spiro atoms. The average Bonchev–Trinajstić information content (AvgIpc) is 2.68. The van der Waals surface area contributed by atoms with Crippen LogP contribution in [0.4, 0.5) is 0 Å².